The molecular weight excluding hydrogens is 376 g/mol. The summed E-state index contributed by atoms with van der Waals surface area (Å²) in [6, 6.07) is 17.6. The number of halogens is 3. The molecule has 3 aromatic carbocycles. The maximum atomic E-state index is 12.9. The SMILES string of the molecule is O=C(Nc1ccc(F)cc1)c1cccc(OCc2ccc(Cl)c(Cl)c2)c1. The van der Waals surface area contributed by atoms with E-state index in [0.29, 0.717) is 33.7 Å². The van der Waals surface area contributed by atoms with E-state index >= 15 is 0 Å². The number of anilines is 1. The predicted molar refractivity (Wildman–Crippen MR) is 102 cm³/mol. The van der Waals surface area contributed by atoms with E-state index in [1.807, 2.05) is 6.07 Å². The first-order valence-electron chi connectivity index (χ1n) is 7.75. The molecule has 0 saturated heterocycles. The van der Waals surface area contributed by atoms with Crippen LogP contribution < -0.4 is 10.1 Å². The minimum Gasteiger partial charge on any atom is -0.489 e. The molecule has 0 aromatic heterocycles. The van der Waals surface area contributed by atoms with Gasteiger partial charge in [-0.3, -0.25) is 4.79 Å². The molecule has 0 radical (unpaired) electrons. The Morgan fingerprint density at radius 1 is 0.962 bits per heavy atom. The van der Waals surface area contributed by atoms with Crippen LogP contribution in [0.5, 0.6) is 5.75 Å². The second-order valence-electron chi connectivity index (χ2n) is 5.53. The Morgan fingerprint density at radius 2 is 1.73 bits per heavy atom. The fourth-order valence-corrected chi connectivity index (χ4v) is 2.58. The van der Waals surface area contributed by atoms with Gasteiger partial charge in [0.05, 0.1) is 10.0 Å². The highest BCUT2D eigenvalue weighted by Crippen LogP contribution is 2.24. The summed E-state index contributed by atoms with van der Waals surface area (Å²) in [6.45, 7) is 0.292. The van der Waals surface area contributed by atoms with Crippen LogP contribution in [0, 0.1) is 5.82 Å². The average molecular weight is 390 g/mol. The molecule has 0 atom stereocenters. The van der Waals surface area contributed by atoms with Crippen molar-refractivity contribution in [1.29, 1.82) is 0 Å². The molecule has 132 valence electrons. The summed E-state index contributed by atoms with van der Waals surface area (Å²) in [5, 5.41) is 3.65. The van der Waals surface area contributed by atoms with Crippen LogP contribution in [-0.4, -0.2) is 5.91 Å². The molecule has 3 aromatic rings. The van der Waals surface area contributed by atoms with Crippen LogP contribution in [0.1, 0.15) is 15.9 Å². The van der Waals surface area contributed by atoms with Gasteiger partial charge in [0.25, 0.3) is 5.91 Å². The fourth-order valence-electron chi connectivity index (χ4n) is 2.26. The van der Waals surface area contributed by atoms with Crippen LogP contribution in [0.3, 0.4) is 0 Å². The van der Waals surface area contributed by atoms with E-state index in [1.165, 1.54) is 24.3 Å². The van der Waals surface area contributed by atoms with Crippen molar-refractivity contribution in [2.75, 3.05) is 5.32 Å². The zero-order chi connectivity index (χ0) is 18.5. The molecule has 3 rings (SSSR count). The number of hydrogen-bond donors (Lipinski definition) is 1. The quantitative estimate of drug-likeness (QED) is 0.584. The molecule has 26 heavy (non-hydrogen) atoms. The van der Waals surface area contributed by atoms with Crippen molar-refractivity contribution in [2.45, 2.75) is 6.61 Å². The summed E-state index contributed by atoms with van der Waals surface area (Å²) < 4.78 is 18.6. The van der Waals surface area contributed by atoms with Crippen LogP contribution in [0.4, 0.5) is 10.1 Å². The second kappa shape index (κ2) is 8.21. The molecule has 6 heteroatoms. The minimum atomic E-state index is -0.360. The first kappa shape index (κ1) is 18.2. The largest absolute Gasteiger partial charge is 0.489 e. The fraction of sp³-hybridized carbons (Fsp3) is 0.0500. The van der Waals surface area contributed by atoms with E-state index in [9.17, 15) is 9.18 Å². The minimum absolute atomic E-state index is 0.292. The zero-order valence-corrected chi connectivity index (χ0v) is 15.0. The lowest BCUT2D eigenvalue weighted by Gasteiger charge is -2.09. The van der Waals surface area contributed by atoms with Crippen LogP contribution in [0.15, 0.2) is 66.7 Å². The number of nitrogens with one attached hydrogen (secondary N) is 1. The van der Waals surface area contributed by atoms with Crippen molar-refractivity contribution >= 4 is 34.8 Å². The van der Waals surface area contributed by atoms with Crippen molar-refractivity contribution in [3.63, 3.8) is 0 Å². The predicted octanol–water partition coefficient (Wildman–Crippen LogP) is 5.96. The van der Waals surface area contributed by atoms with Gasteiger partial charge in [-0.15, -0.1) is 0 Å². The third kappa shape index (κ3) is 4.75. The summed E-state index contributed by atoms with van der Waals surface area (Å²) in [7, 11) is 0. The highest BCUT2D eigenvalue weighted by atomic mass is 35.5. The Balaban J connectivity index is 1.66. The summed E-state index contributed by atoms with van der Waals surface area (Å²) in [6.07, 6.45) is 0. The van der Waals surface area contributed by atoms with Crippen LogP contribution in [0.25, 0.3) is 0 Å². The molecule has 1 amide bonds. The smallest absolute Gasteiger partial charge is 0.255 e. The van der Waals surface area contributed by atoms with Gasteiger partial charge in [-0.25, -0.2) is 4.39 Å². The van der Waals surface area contributed by atoms with Gasteiger partial charge in [-0.2, -0.15) is 0 Å². The van der Waals surface area contributed by atoms with E-state index in [2.05, 4.69) is 5.32 Å². The van der Waals surface area contributed by atoms with E-state index in [4.69, 9.17) is 27.9 Å². The summed E-state index contributed by atoms with van der Waals surface area (Å²) in [4.78, 5) is 12.3. The van der Waals surface area contributed by atoms with E-state index < -0.39 is 0 Å². The molecule has 0 heterocycles. The van der Waals surface area contributed by atoms with Crippen LogP contribution in [-0.2, 0) is 6.61 Å². The highest BCUT2D eigenvalue weighted by Gasteiger charge is 2.08. The lowest BCUT2D eigenvalue weighted by Crippen LogP contribution is -2.12. The first-order valence-corrected chi connectivity index (χ1v) is 8.50. The lowest BCUT2D eigenvalue weighted by molar-refractivity contribution is 0.102. The van der Waals surface area contributed by atoms with Crippen molar-refractivity contribution in [3.05, 3.63) is 93.7 Å². The summed E-state index contributed by atoms with van der Waals surface area (Å²) in [5.74, 6) is -0.125. The van der Waals surface area contributed by atoms with Gasteiger partial charge in [0.1, 0.15) is 18.2 Å². The maximum Gasteiger partial charge on any atom is 0.255 e. The van der Waals surface area contributed by atoms with Gasteiger partial charge in [-0.1, -0.05) is 35.3 Å². The normalized spacial score (nSPS) is 10.4. The number of carbonyl (C=O) groups is 1. The van der Waals surface area contributed by atoms with Gasteiger partial charge >= 0.3 is 0 Å². The molecule has 0 aliphatic carbocycles. The van der Waals surface area contributed by atoms with Gasteiger partial charge in [0.2, 0.25) is 0 Å². The van der Waals surface area contributed by atoms with Crippen LogP contribution >= 0.6 is 23.2 Å². The summed E-state index contributed by atoms with van der Waals surface area (Å²) >= 11 is 11.9. The Hall–Kier alpha value is -2.56. The number of ether oxygens (including phenoxy) is 1. The molecule has 0 saturated carbocycles. The average Bonchev–Trinajstić information content (AvgIpc) is 2.65. The molecule has 0 bridgehead atoms. The standard InChI is InChI=1S/C20H14Cl2FNO2/c21-18-9-4-13(10-19(18)22)12-26-17-3-1-2-14(11-17)20(25)24-16-7-5-15(23)6-8-16/h1-11H,12H2,(H,24,25). The van der Waals surface area contributed by atoms with Crippen molar-refractivity contribution in [1.82, 2.24) is 0 Å². The number of benzene rings is 3. The molecule has 3 nitrogen and oxygen atoms in total. The molecule has 0 aliphatic heterocycles. The third-order valence-electron chi connectivity index (χ3n) is 3.59. The molecule has 0 fully saturated rings. The third-order valence-corrected chi connectivity index (χ3v) is 4.33. The Kier molecular flexibility index (Phi) is 5.76. The van der Waals surface area contributed by atoms with E-state index in [0.717, 1.165) is 5.56 Å². The molecule has 0 spiro atoms. The van der Waals surface area contributed by atoms with Gasteiger partial charge < -0.3 is 10.1 Å². The van der Waals surface area contributed by atoms with E-state index in [-0.39, 0.29) is 11.7 Å². The van der Waals surface area contributed by atoms with Crippen LogP contribution in [0.2, 0.25) is 10.0 Å². The number of amides is 1. The molecule has 0 aliphatic rings. The molecular formula is C20H14Cl2FNO2. The lowest BCUT2D eigenvalue weighted by atomic mass is 10.2. The Labute approximate surface area is 160 Å². The number of rotatable bonds is 5. The van der Waals surface area contributed by atoms with Crippen molar-refractivity contribution in [3.8, 4) is 5.75 Å². The highest BCUT2D eigenvalue weighted by molar-refractivity contribution is 6.42. The topological polar surface area (TPSA) is 38.3 Å². The zero-order valence-electron chi connectivity index (χ0n) is 13.5. The Bertz CT molecular complexity index is 929. The molecule has 1 N–H and O–H groups in total. The number of hydrogen-bond acceptors (Lipinski definition) is 2. The second-order valence-corrected chi connectivity index (χ2v) is 6.34. The number of carbonyl (C=O) groups excluding carboxylic acids is 1. The first-order chi connectivity index (χ1) is 12.5. The monoisotopic (exact) mass is 389 g/mol. The Morgan fingerprint density at radius 3 is 2.46 bits per heavy atom. The molecule has 0 unspecified atom stereocenters. The van der Waals surface area contributed by atoms with Gasteiger partial charge in [0, 0.05) is 11.3 Å². The van der Waals surface area contributed by atoms with Gasteiger partial charge in [-0.05, 0) is 60.2 Å². The van der Waals surface area contributed by atoms with Gasteiger partial charge in [0.15, 0.2) is 0 Å². The summed E-state index contributed by atoms with van der Waals surface area (Å²) in [5.41, 5.74) is 1.81. The van der Waals surface area contributed by atoms with E-state index in [1.54, 1.807) is 36.4 Å². The maximum absolute atomic E-state index is 12.9. The van der Waals surface area contributed by atoms with Crippen molar-refractivity contribution < 1.29 is 13.9 Å². The van der Waals surface area contributed by atoms with Crippen molar-refractivity contribution in [2.24, 2.45) is 0 Å².